The first-order valence-corrected chi connectivity index (χ1v) is 13.4. The lowest BCUT2D eigenvalue weighted by molar-refractivity contribution is -0.358. The van der Waals surface area contributed by atoms with Crippen LogP contribution in [0.1, 0.15) is 31.9 Å². The fourth-order valence-corrected chi connectivity index (χ4v) is 5.72. The molecule has 0 radical (unpaired) electrons. The van der Waals surface area contributed by atoms with E-state index in [4.69, 9.17) is 23.7 Å². The number of hydrogen-bond acceptors (Lipinski definition) is 6. The zero-order chi connectivity index (χ0) is 24.3. The van der Waals surface area contributed by atoms with Gasteiger partial charge in [0.1, 0.15) is 29.9 Å². The van der Waals surface area contributed by atoms with Gasteiger partial charge >= 0.3 is 0 Å². The molecule has 0 aliphatic carbocycles. The summed E-state index contributed by atoms with van der Waals surface area (Å²) in [5.41, 5.74) is 2.08. The molecule has 0 N–H and O–H groups in total. The van der Waals surface area contributed by atoms with E-state index in [1.165, 1.54) is 10.8 Å². The predicted octanol–water partition coefficient (Wildman–Crippen LogP) is 5.94. The van der Waals surface area contributed by atoms with Gasteiger partial charge in [0.2, 0.25) is 0 Å². The van der Waals surface area contributed by atoms with Gasteiger partial charge in [0.15, 0.2) is 5.79 Å². The average molecular weight is 495 g/mol. The second-order valence-electron chi connectivity index (χ2n) is 9.51. The molecule has 6 heteroatoms. The predicted molar refractivity (Wildman–Crippen MR) is 139 cm³/mol. The van der Waals surface area contributed by atoms with E-state index in [-0.39, 0.29) is 29.9 Å². The topological polar surface area (TPSA) is 46.2 Å². The molecule has 0 unspecified atom stereocenters. The first kappa shape index (κ1) is 24.8. The number of benzene rings is 3. The highest BCUT2D eigenvalue weighted by molar-refractivity contribution is 7.99. The number of fused-ring (bicyclic) bond motifs is 2. The van der Waals surface area contributed by atoms with Gasteiger partial charge in [0.25, 0.3) is 0 Å². The summed E-state index contributed by atoms with van der Waals surface area (Å²) in [5, 5.41) is 2.43. The summed E-state index contributed by atoms with van der Waals surface area (Å²) in [4.78, 5) is 0. The highest BCUT2D eigenvalue weighted by atomic mass is 32.2. The van der Waals surface area contributed by atoms with E-state index in [0.29, 0.717) is 19.8 Å². The maximum Gasteiger partial charge on any atom is 0.163 e. The van der Waals surface area contributed by atoms with Crippen LogP contribution in [-0.2, 0) is 36.9 Å². The molecule has 2 aliphatic heterocycles. The van der Waals surface area contributed by atoms with Crippen molar-refractivity contribution < 1.29 is 23.7 Å². The van der Waals surface area contributed by atoms with Crippen molar-refractivity contribution in [2.75, 3.05) is 12.4 Å². The number of thioether (sulfide) groups is 1. The molecule has 0 bridgehead atoms. The Kier molecular flexibility index (Phi) is 7.77. The molecule has 0 aromatic heterocycles. The molecule has 2 saturated heterocycles. The molecule has 0 amide bonds. The van der Waals surface area contributed by atoms with Crippen LogP contribution in [0, 0.1) is 0 Å². The molecule has 3 aromatic rings. The van der Waals surface area contributed by atoms with Crippen molar-refractivity contribution in [2.24, 2.45) is 0 Å². The Hall–Kier alpha value is -1.93. The third-order valence-corrected chi connectivity index (χ3v) is 7.52. The van der Waals surface area contributed by atoms with Gasteiger partial charge in [-0.1, -0.05) is 73.7 Å². The van der Waals surface area contributed by atoms with Gasteiger partial charge in [-0.2, -0.15) is 0 Å². The van der Waals surface area contributed by atoms with E-state index in [1.807, 2.05) is 32.0 Å². The van der Waals surface area contributed by atoms with Crippen molar-refractivity contribution in [3.05, 3.63) is 83.9 Å². The van der Waals surface area contributed by atoms with Gasteiger partial charge in [-0.3, -0.25) is 0 Å². The monoisotopic (exact) mass is 494 g/mol. The largest absolute Gasteiger partial charge is 0.368 e. The van der Waals surface area contributed by atoms with E-state index in [1.54, 1.807) is 11.8 Å². The number of rotatable bonds is 8. The van der Waals surface area contributed by atoms with Crippen molar-refractivity contribution in [2.45, 2.75) is 69.6 Å². The highest BCUT2D eigenvalue weighted by Gasteiger charge is 2.52. The van der Waals surface area contributed by atoms with Gasteiger partial charge in [-0.25, -0.2) is 0 Å². The summed E-state index contributed by atoms with van der Waals surface area (Å²) in [5.74, 6) is 0.210. The minimum atomic E-state index is -0.705. The second kappa shape index (κ2) is 11.0. The third-order valence-electron chi connectivity index (χ3n) is 6.48. The van der Waals surface area contributed by atoms with Crippen LogP contribution < -0.4 is 0 Å². The summed E-state index contributed by atoms with van der Waals surface area (Å²) in [6.45, 7) is 7.45. The van der Waals surface area contributed by atoms with Crippen molar-refractivity contribution in [3.63, 3.8) is 0 Å². The molecule has 0 spiro atoms. The minimum Gasteiger partial charge on any atom is -0.368 e. The molecular weight excluding hydrogens is 460 g/mol. The SMILES string of the molecule is CCS[C@@H]1O[C@@H]2COC(C)(C)O[C@H]2[C@H](OCc2ccc3ccccc3c2)[C@H]1OCc1ccccc1. The smallest absolute Gasteiger partial charge is 0.163 e. The molecule has 2 heterocycles. The van der Waals surface area contributed by atoms with Crippen molar-refractivity contribution in [1.29, 1.82) is 0 Å². The van der Waals surface area contributed by atoms with E-state index >= 15 is 0 Å². The molecule has 5 nitrogen and oxygen atoms in total. The summed E-state index contributed by atoms with van der Waals surface area (Å²) in [7, 11) is 0. The van der Waals surface area contributed by atoms with E-state index in [9.17, 15) is 0 Å². The molecule has 5 atom stereocenters. The van der Waals surface area contributed by atoms with Gasteiger partial charge in [0.05, 0.1) is 19.8 Å². The molecule has 3 aromatic carbocycles. The molecule has 35 heavy (non-hydrogen) atoms. The molecule has 0 saturated carbocycles. The van der Waals surface area contributed by atoms with Crippen molar-refractivity contribution in [1.82, 2.24) is 0 Å². The van der Waals surface area contributed by atoms with E-state index in [0.717, 1.165) is 16.9 Å². The van der Waals surface area contributed by atoms with Gasteiger partial charge < -0.3 is 23.7 Å². The maximum atomic E-state index is 6.66. The Bertz CT molecular complexity index is 1100. The standard InChI is InChI=1S/C29H34O5S/c1-4-35-28-27(31-17-20-10-6-5-7-11-20)26(25-24(33-28)19-32-29(2,3)34-25)30-18-21-14-15-22-12-8-9-13-23(22)16-21/h5-16,24-28H,4,17-19H2,1-3H3/t24-,25-,26+,27-,28+/m1/s1. The van der Waals surface area contributed by atoms with Crippen LogP contribution >= 0.6 is 11.8 Å². The Morgan fingerprint density at radius 3 is 2.37 bits per heavy atom. The highest BCUT2D eigenvalue weighted by Crippen LogP contribution is 2.39. The van der Waals surface area contributed by atoms with Crippen LogP contribution in [0.25, 0.3) is 10.8 Å². The minimum absolute atomic E-state index is 0.167. The van der Waals surface area contributed by atoms with E-state index < -0.39 is 5.79 Å². The quantitative estimate of drug-likeness (QED) is 0.386. The lowest BCUT2D eigenvalue weighted by atomic mass is 9.97. The summed E-state index contributed by atoms with van der Waals surface area (Å²) in [6, 6.07) is 25.1. The van der Waals surface area contributed by atoms with Crippen LogP contribution in [0.2, 0.25) is 0 Å². The van der Waals surface area contributed by atoms with Gasteiger partial charge in [-0.15, -0.1) is 11.8 Å². The normalized spacial score (nSPS) is 28.0. The third kappa shape index (κ3) is 5.91. The van der Waals surface area contributed by atoms with Crippen LogP contribution in [0.3, 0.4) is 0 Å². The first-order chi connectivity index (χ1) is 17.0. The molecule has 2 fully saturated rings. The summed E-state index contributed by atoms with van der Waals surface area (Å²) >= 11 is 1.74. The lowest BCUT2D eigenvalue weighted by Crippen LogP contribution is -2.64. The zero-order valence-corrected chi connectivity index (χ0v) is 21.4. The fraction of sp³-hybridized carbons (Fsp3) is 0.448. The molecular formula is C29H34O5S. The van der Waals surface area contributed by atoms with Gasteiger partial charge in [0, 0.05) is 0 Å². The number of ether oxygens (including phenoxy) is 5. The van der Waals surface area contributed by atoms with E-state index in [2.05, 4.69) is 61.5 Å². The van der Waals surface area contributed by atoms with Crippen LogP contribution in [0.4, 0.5) is 0 Å². The van der Waals surface area contributed by atoms with Crippen LogP contribution in [0.15, 0.2) is 72.8 Å². The molecule has 5 rings (SSSR count). The van der Waals surface area contributed by atoms with Gasteiger partial charge in [-0.05, 0) is 47.6 Å². The Balaban J connectivity index is 1.40. The average Bonchev–Trinajstić information content (AvgIpc) is 2.87. The fourth-order valence-electron chi connectivity index (χ4n) is 4.75. The molecule has 2 aliphatic rings. The lowest BCUT2D eigenvalue weighted by Gasteiger charge is -2.51. The Morgan fingerprint density at radius 2 is 1.57 bits per heavy atom. The number of hydrogen-bond donors (Lipinski definition) is 0. The summed E-state index contributed by atoms with van der Waals surface area (Å²) < 4.78 is 32.0. The Labute approximate surface area is 212 Å². The molecule has 186 valence electrons. The Morgan fingerprint density at radius 1 is 0.857 bits per heavy atom. The maximum absolute atomic E-state index is 6.66. The van der Waals surface area contributed by atoms with Crippen LogP contribution in [0.5, 0.6) is 0 Å². The van der Waals surface area contributed by atoms with Crippen molar-refractivity contribution >= 4 is 22.5 Å². The van der Waals surface area contributed by atoms with Crippen LogP contribution in [-0.4, -0.2) is 48.0 Å². The van der Waals surface area contributed by atoms with Crippen molar-refractivity contribution in [3.8, 4) is 0 Å². The zero-order valence-electron chi connectivity index (χ0n) is 20.6. The second-order valence-corrected chi connectivity index (χ2v) is 10.9. The first-order valence-electron chi connectivity index (χ1n) is 12.4. The summed E-state index contributed by atoms with van der Waals surface area (Å²) in [6.07, 6.45) is -1.06.